The Labute approximate surface area is 152 Å². The number of thiophene rings is 1. The van der Waals surface area contributed by atoms with Gasteiger partial charge >= 0.3 is 0 Å². The number of thiocarbonyl (C=S) groups is 1. The lowest BCUT2D eigenvalue weighted by atomic mass is 10.1. The molecule has 0 bridgehead atoms. The predicted molar refractivity (Wildman–Crippen MR) is 108 cm³/mol. The molecule has 2 aromatic carbocycles. The summed E-state index contributed by atoms with van der Waals surface area (Å²) < 4.78 is 0. The lowest BCUT2D eigenvalue weighted by Crippen LogP contribution is -2.32. The van der Waals surface area contributed by atoms with E-state index in [-0.39, 0.29) is 6.04 Å². The van der Waals surface area contributed by atoms with Gasteiger partial charge in [0.25, 0.3) is 0 Å². The number of anilines is 1. The highest BCUT2D eigenvalue weighted by molar-refractivity contribution is 7.80. The van der Waals surface area contributed by atoms with Crippen molar-refractivity contribution in [2.24, 2.45) is 0 Å². The summed E-state index contributed by atoms with van der Waals surface area (Å²) in [5, 5.41) is 9.48. The summed E-state index contributed by atoms with van der Waals surface area (Å²) in [5.41, 5.74) is 4.66. The van der Waals surface area contributed by atoms with E-state index < -0.39 is 0 Å². The number of benzene rings is 2. The fourth-order valence-electron chi connectivity index (χ4n) is 2.76. The Balaban J connectivity index is 1.79. The van der Waals surface area contributed by atoms with Gasteiger partial charge in [-0.15, -0.1) is 11.3 Å². The third-order valence-electron chi connectivity index (χ3n) is 3.72. The average Bonchev–Trinajstić information content (AvgIpc) is 3.06. The van der Waals surface area contributed by atoms with Crippen molar-refractivity contribution in [3.8, 4) is 0 Å². The van der Waals surface area contributed by atoms with Gasteiger partial charge in [0.05, 0.1) is 6.04 Å². The van der Waals surface area contributed by atoms with Gasteiger partial charge in [-0.05, 0) is 66.3 Å². The van der Waals surface area contributed by atoms with Gasteiger partial charge in [-0.1, -0.05) is 42.5 Å². The van der Waals surface area contributed by atoms with Crippen LogP contribution in [0.25, 0.3) is 0 Å². The highest BCUT2D eigenvalue weighted by Crippen LogP contribution is 2.26. The van der Waals surface area contributed by atoms with E-state index in [1.54, 1.807) is 11.3 Å². The standard InChI is InChI=1S/C20H20N2S2/c1-14-11-15(2)13-17(12-14)21-20(23)22-19(18-9-6-10-24-18)16-7-4-3-5-8-16/h3-13,19H,1-2H3,(H2,21,22,23)/t19-/m0/s1. The topological polar surface area (TPSA) is 24.1 Å². The fraction of sp³-hybridized carbons (Fsp3) is 0.150. The van der Waals surface area contributed by atoms with Crippen molar-refractivity contribution in [1.82, 2.24) is 5.32 Å². The lowest BCUT2D eigenvalue weighted by Gasteiger charge is -2.21. The van der Waals surface area contributed by atoms with Crippen LogP contribution in [0.2, 0.25) is 0 Å². The van der Waals surface area contributed by atoms with Crippen LogP contribution in [0, 0.1) is 13.8 Å². The van der Waals surface area contributed by atoms with Gasteiger partial charge in [-0.25, -0.2) is 0 Å². The largest absolute Gasteiger partial charge is 0.351 e. The van der Waals surface area contributed by atoms with Crippen LogP contribution >= 0.6 is 23.6 Å². The first kappa shape index (κ1) is 16.7. The Bertz CT molecular complexity index is 791. The van der Waals surface area contributed by atoms with E-state index in [9.17, 15) is 0 Å². The molecule has 0 saturated heterocycles. The SMILES string of the molecule is Cc1cc(C)cc(NC(=S)N[C@@H](c2ccccc2)c2cccs2)c1. The molecule has 1 atom stereocenters. The first-order valence-electron chi connectivity index (χ1n) is 7.86. The second-order valence-corrected chi connectivity index (χ2v) is 7.22. The van der Waals surface area contributed by atoms with Gasteiger partial charge in [0.15, 0.2) is 5.11 Å². The van der Waals surface area contributed by atoms with E-state index in [1.165, 1.54) is 21.6 Å². The molecule has 3 rings (SSSR count). The zero-order valence-electron chi connectivity index (χ0n) is 13.7. The van der Waals surface area contributed by atoms with Crippen molar-refractivity contribution in [3.05, 3.63) is 87.6 Å². The summed E-state index contributed by atoms with van der Waals surface area (Å²) in [6.07, 6.45) is 0. The quantitative estimate of drug-likeness (QED) is 0.611. The van der Waals surface area contributed by atoms with Gasteiger partial charge in [0.2, 0.25) is 0 Å². The Hall–Kier alpha value is -2.17. The van der Waals surface area contributed by atoms with Gasteiger partial charge in [0, 0.05) is 10.6 Å². The molecule has 0 saturated carbocycles. The molecule has 0 radical (unpaired) electrons. The maximum atomic E-state index is 5.56. The molecule has 3 aromatic rings. The van der Waals surface area contributed by atoms with Crippen LogP contribution in [0.3, 0.4) is 0 Å². The molecule has 2 nitrogen and oxygen atoms in total. The first-order chi connectivity index (χ1) is 11.6. The number of rotatable bonds is 4. The molecule has 0 spiro atoms. The second kappa shape index (κ2) is 7.60. The minimum absolute atomic E-state index is 0.0529. The molecule has 0 fully saturated rings. The van der Waals surface area contributed by atoms with Crippen molar-refractivity contribution < 1.29 is 0 Å². The molecule has 122 valence electrons. The molecule has 0 aliphatic heterocycles. The Kier molecular flexibility index (Phi) is 5.28. The van der Waals surface area contributed by atoms with Crippen molar-refractivity contribution in [2.45, 2.75) is 19.9 Å². The van der Waals surface area contributed by atoms with E-state index in [4.69, 9.17) is 12.2 Å². The Morgan fingerprint density at radius 1 is 0.958 bits per heavy atom. The van der Waals surface area contributed by atoms with Crippen LogP contribution in [0.15, 0.2) is 66.0 Å². The minimum Gasteiger partial charge on any atom is -0.351 e. The van der Waals surface area contributed by atoms with Crippen molar-refractivity contribution in [3.63, 3.8) is 0 Å². The van der Waals surface area contributed by atoms with Crippen LogP contribution in [0.5, 0.6) is 0 Å². The Morgan fingerprint density at radius 2 is 1.67 bits per heavy atom. The summed E-state index contributed by atoms with van der Waals surface area (Å²) in [6.45, 7) is 4.18. The van der Waals surface area contributed by atoms with Crippen LogP contribution < -0.4 is 10.6 Å². The van der Waals surface area contributed by atoms with Crippen LogP contribution in [0.4, 0.5) is 5.69 Å². The van der Waals surface area contributed by atoms with Crippen LogP contribution in [-0.4, -0.2) is 5.11 Å². The minimum atomic E-state index is 0.0529. The zero-order valence-corrected chi connectivity index (χ0v) is 15.4. The number of hydrogen-bond donors (Lipinski definition) is 2. The molecule has 0 aliphatic carbocycles. The molecule has 0 amide bonds. The summed E-state index contributed by atoms with van der Waals surface area (Å²) in [6, 6.07) is 21.0. The van der Waals surface area contributed by atoms with Crippen molar-refractivity contribution >= 4 is 34.4 Å². The van der Waals surface area contributed by atoms with Crippen LogP contribution in [0.1, 0.15) is 27.6 Å². The molecule has 1 heterocycles. The summed E-state index contributed by atoms with van der Waals surface area (Å²) in [5.74, 6) is 0. The maximum Gasteiger partial charge on any atom is 0.171 e. The monoisotopic (exact) mass is 352 g/mol. The van der Waals surface area contributed by atoms with E-state index in [2.05, 4.69) is 84.5 Å². The van der Waals surface area contributed by atoms with Crippen molar-refractivity contribution in [1.29, 1.82) is 0 Å². The molecular weight excluding hydrogens is 332 g/mol. The van der Waals surface area contributed by atoms with E-state index in [1.807, 2.05) is 6.07 Å². The van der Waals surface area contributed by atoms with Gasteiger partial charge < -0.3 is 10.6 Å². The summed E-state index contributed by atoms with van der Waals surface area (Å²) in [4.78, 5) is 1.24. The number of nitrogens with one attached hydrogen (secondary N) is 2. The van der Waals surface area contributed by atoms with E-state index in [0.717, 1.165) is 5.69 Å². The van der Waals surface area contributed by atoms with Gasteiger partial charge in [0.1, 0.15) is 0 Å². The van der Waals surface area contributed by atoms with Crippen LogP contribution in [-0.2, 0) is 0 Å². The molecule has 2 N–H and O–H groups in total. The molecule has 0 aliphatic rings. The molecule has 0 unspecified atom stereocenters. The highest BCUT2D eigenvalue weighted by atomic mass is 32.1. The normalized spacial score (nSPS) is 11.8. The van der Waals surface area contributed by atoms with E-state index >= 15 is 0 Å². The zero-order chi connectivity index (χ0) is 16.9. The predicted octanol–water partition coefficient (Wildman–Crippen LogP) is 5.44. The molecular formula is C20H20N2S2. The highest BCUT2D eigenvalue weighted by Gasteiger charge is 2.16. The number of hydrogen-bond acceptors (Lipinski definition) is 2. The smallest absolute Gasteiger partial charge is 0.171 e. The van der Waals surface area contributed by atoms with Gasteiger partial charge in [-0.2, -0.15) is 0 Å². The lowest BCUT2D eigenvalue weighted by molar-refractivity contribution is 0.784. The van der Waals surface area contributed by atoms with E-state index in [0.29, 0.717) is 5.11 Å². The second-order valence-electron chi connectivity index (χ2n) is 5.83. The average molecular weight is 353 g/mol. The molecule has 4 heteroatoms. The number of aryl methyl sites for hydroxylation is 2. The van der Waals surface area contributed by atoms with Gasteiger partial charge in [-0.3, -0.25) is 0 Å². The first-order valence-corrected chi connectivity index (χ1v) is 9.15. The maximum absolute atomic E-state index is 5.56. The molecule has 1 aromatic heterocycles. The summed E-state index contributed by atoms with van der Waals surface area (Å²) in [7, 11) is 0. The third-order valence-corrected chi connectivity index (χ3v) is 4.87. The third kappa shape index (κ3) is 4.22. The molecule has 24 heavy (non-hydrogen) atoms. The summed E-state index contributed by atoms with van der Waals surface area (Å²) >= 11 is 7.28. The Morgan fingerprint density at radius 3 is 2.29 bits per heavy atom. The van der Waals surface area contributed by atoms with Crippen molar-refractivity contribution in [2.75, 3.05) is 5.32 Å². The fourth-order valence-corrected chi connectivity index (χ4v) is 3.80.